The number of quaternary nitrogens is 1. The van der Waals surface area contributed by atoms with Crippen molar-refractivity contribution < 1.29 is 19.3 Å². The van der Waals surface area contributed by atoms with E-state index in [4.69, 9.17) is 0 Å². The molecule has 23 heavy (non-hydrogen) atoms. The van der Waals surface area contributed by atoms with Crippen LogP contribution in [0.3, 0.4) is 0 Å². The summed E-state index contributed by atoms with van der Waals surface area (Å²) in [4.78, 5) is 37.4. The van der Waals surface area contributed by atoms with Crippen molar-refractivity contribution in [1.29, 1.82) is 0 Å². The number of carbonyl (C=O) groups excluding carboxylic acids is 3. The average Bonchev–Trinajstić information content (AvgIpc) is 2.86. The van der Waals surface area contributed by atoms with Gasteiger partial charge in [-0.05, 0) is 6.92 Å². The summed E-state index contributed by atoms with van der Waals surface area (Å²) >= 11 is 1.01. The molecule has 6 nitrogen and oxygen atoms in total. The second-order valence-corrected chi connectivity index (χ2v) is 6.55. The van der Waals surface area contributed by atoms with Crippen molar-refractivity contribution in [2.45, 2.75) is 19.5 Å². The smallest absolute Gasteiger partial charge is 0.288 e. The van der Waals surface area contributed by atoms with E-state index in [-0.39, 0.29) is 35.4 Å². The largest absolute Gasteiger partial charge is 0.349 e. The van der Waals surface area contributed by atoms with Gasteiger partial charge in [0.05, 0.1) is 12.8 Å². The van der Waals surface area contributed by atoms with E-state index in [1.807, 2.05) is 44.3 Å². The van der Waals surface area contributed by atoms with Gasteiger partial charge in [-0.15, -0.1) is 0 Å². The quantitative estimate of drug-likeness (QED) is 0.730. The van der Waals surface area contributed by atoms with E-state index in [0.717, 1.165) is 23.2 Å². The molecule has 1 fully saturated rings. The van der Waals surface area contributed by atoms with Crippen molar-refractivity contribution in [1.82, 2.24) is 10.2 Å². The van der Waals surface area contributed by atoms with Crippen LogP contribution in [-0.4, -0.2) is 53.9 Å². The highest BCUT2D eigenvalue weighted by atomic mass is 32.2. The van der Waals surface area contributed by atoms with Gasteiger partial charge in [0.2, 0.25) is 5.91 Å². The van der Waals surface area contributed by atoms with Crippen LogP contribution in [0.5, 0.6) is 0 Å². The number of hydrogen-bond donors (Lipinski definition) is 2. The number of thioether (sulfide) groups is 1. The molecule has 1 aromatic rings. The van der Waals surface area contributed by atoms with E-state index >= 15 is 0 Å². The molecular formula is C16H22N3O3S+. The highest BCUT2D eigenvalue weighted by molar-refractivity contribution is 8.14. The highest BCUT2D eigenvalue weighted by Gasteiger charge is 2.29. The van der Waals surface area contributed by atoms with Crippen molar-refractivity contribution in [3.05, 3.63) is 35.9 Å². The minimum atomic E-state index is -0.232. The van der Waals surface area contributed by atoms with E-state index in [2.05, 4.69) is 5.32 Å². The van der Waals surface area contributed by atoms with Gasteiger partial charge in [0, 0.05) is 18.7 Å². The number of nitrogens with zero attached hydrogens (tertiary/aromatic N) is 1. The molecule has 0 bridgehead atoms. The number of nitrogens with one attached hydrogen (secondary N) is 2. The van der Waals surface area contributed by atoms with E-state index in [1.165, 1.54) is 10.5 Å². The molecule has 1 heterocycles. The number of carbonyl (C=O) groups is 3. The lowest BCUT2D eigenvalue weighted by molar-refractivity contribution is -0.908. The monoisotopic (exact) mass is 336 g/mol. The Kier molecular flexibility index (Phi) is 6.18. The summed E-state index contributed by atoms with van der Waals surface area (Å²) in [6.07, 6.45) is 0. The van der Waals surface area contributed by atoms with Gasteiger partial charge in [-0.2, -0.15) is 0 Å². The maximum Gasteiger partial charge on any atom is 0.288 e. The lowest BCUT2D eigenvalue weighted by atomic mass is 10.2. The van der Waals surface area contributed by atoms with Gasteiger partial charge in [0.1, 0.15) is 6.54 Å². The number of likely N-dealkylation sites (N-methyl/N-ethyl adjacent to an activating group) is 1. The molecule has 0 aromatic heterocycles. The number of imide groups is 1. The summed E-state index contributed by atoms with van der Waals surface area (Å²) in [5.74, 6) is -0.0630. The topological polar surface area (TPSA) is 70.9 Å². The van der Waals surface area contributed by atoms with Crippen molar-refractivity contribution in [2.24, 2.45) is 0 Å². The molecule has 1 aliphatic rings. The van der Waals surface area contributed by atoms with E-state index in [1.54, 1.807) is 0 Å². The molecule has 1 unspecified atom stereocenters. The molecule has 0 spiro atoms. The Morgan fingerprint density at radius 1 is 1.35 bits per heavy atom. The first-order valence-electron chi connectivity index (χ1n) is 7.60. The minimum Gasteiger partial charge on any atom is -0.349 e. The van der Waals surface area contributed by atoms with Crippen molar-refractivity contribution >= 4 is 28.8 Å². The third-order valence-corrected chi connectivity index (χ3v) is 4.79. The molecule has 2 rings (SSSR count). The summed E-state index contributed by atoms with van der Waals surface area (Å²) in [5.41, 5.74) is 1.18. The summed E-state index contributed by atoms with van der Waals surface area (Å²) in [6, 6.07) is 9.79. The van der Waals surface area contributed by atoms with Crippen molar-refractivity contribution in [2.75, 3.05) is 25.9 Å². The molecule has 2 atom stereocenters. The van der Waals surface area contributed by atoms with Gasteiger partial charge in [-0.25, -0.2) is 0 Å². The SMILES string of the molecule is C[C@H](C(=O)NCCN1C(=O)CSC1=O)[NH+](C)Cc1ccccc1. The predicted octanol–water partition coefficient (Wildman–Crippen LogP) is -0.0986. The van der Waals surface area contributed by atoms with E-state index < -0.39 is 0 Å². The summed E-state index contributed by atoms with van der Waals surface area (Å²) in [7, 11) is 1.97. The zero-order valence-electron chi connectivity index (χ0n) is 13.4. The van der Waals surface area contributed by atoms with Crippen molar-refractivity contribution in [3.63, 3.8) is 0 Å². The summed E-state index contributed by atoms with van der Waals surface area (Å²) in [6.45, 7) is 3.16. The molecular weight excluding hydrogens is 314 g/mol. The molecule has 124 valence electrons. The molecule has 1 saturated heterocycles. The molecule has 0 saturated carbocycles. The van der Waals surface area contributed by atoms with Crippen molar-refractivity contribution in [3.8, 4) is 0 Å². The second kappa shape index (κ2) is 8.12. The Bertz CT molecular complexity index is 563. The van der Waals surface area contributed by atoms with E-state index in [0.29, 0.717) is 6.54 Å². The van der Waals surface area contributed by atoms with Crippen LogP contribution in [0.25, 0.3) is 0 Å². The molecule has 3 amide bonds. The Morgan fingerprint density at radius 3 is 2.65 bits per heavy atom. The van der Waals surface area contributed by atoms with Crippen LogP contribution in [-0.2, 0) is 16.1 Å². The van der Waals surface area contributed by atoms with Crippen LogP contribution in [0.15, 0.2) is 30.3 Å². The maximum atomic E-state index is 12.2. The van der Waals surface area contributed by atoms with Gasteiger partial charge in [-0.3, -0.25) is 19.3 Å². The highest BCUT2D eigenvalue weighted by Crippen LogP contribution is 2.17. The first-order valence-corrected chi connectivity index (χ1v) is 8.58. The van der Waals surface area contributed by atoms with Crippen LogP contribution >= 0.6 is 11.8 Å². The average molecular weight is 336 g/mol. The number of hydrogen-bond acceptors (Lipinski definition) is 4. The molecule has 1 aromatic carbocycles. The normalized spacial score (nSPS) is 17.2. The van der Waals surface area contributed by atoms with Gasteiger partial charge in [-0.1, -0.05) is 42.1 Å². The Morgan fingerprint density at radius 2 is 2.04 bits per heavy atom. The van der Waals surface area contributed by atoms with Crippen LogP contribution < -0.4 is 10.2 Å². The number of amides is 3. The second-order valence-electron chi connectivity index (χ2n) is 5.62. The Labute approximate surface area is 140 Å². The van der Waals surface area contributed by atoms with Crippen LogP contribution in [0.4, 0.5) is 4.79 Å². The van der Waals surface area contributed by atoms with Crippen LogP contribution in [0.1, 0.15) is 12.5 Å². The Hall–Kier alpha value is -1.86. The van der Waals surface area contributed by atoms with E-state index in [9.17, 15) is 14.4 Å². The molecule has 1 aliphatic heterocycles. The Balaban J connectivity index is 1.76. The maximum absolute atomic E-state index is 12.2. The third-order valence-electron chi connectivity index (χ3n) is 3.93. The third kappa shape index (κ3) is 4.80. The summed E-state index contributed by atoms with van der Waals surface area (Å²) < 4.78 is 0. The van der Waals surface area contributed by atoms with Gasteiger partial charge >= 0.3 is 0 Å². The molecule has 7 heteroatoms. The van der Waals surface area contributed by atoms with Crippen LogP contribution in [0.2, 0.25) is 0 Å². The standard InChI is InChI=1S/C16H21N3O3S/c1-12(18(2)10-13-6-4-3-5-7-13)15(21)17-8-9-19-14(20)11-23-16(19)22/h3-7,12H,8-11H2,1-2H3,(H,17,21)/p+1/t12-/m1/s1. The predicted molar refractivity (Wildman–Crippen MR) is 89.1 cm³/mol. The fourth-order valence-electron chi connectivity index (χ4n) is 2.34. The molecule has 0 radical (unpaired) electrons. The van der Waals surface area contributed by atoms with Gasteiger partial charge in [0.15, 0.2) is 6.04 Å². The fraction of sp³-hybridized carbons (Fsp3) is 0.438. The van der Waals surface area contributed by atoms with Crippen LogP contribution in [0, 0.1) is 0 Å². The zero-order chi connectivity index (χ0) is 16.8. The molecule has 2 N–H and O–H groups in total. The fourth-order valence-corrected chi connectivity index (χ4v) is 3.09. The van der Waals surface area contributed by atoms with Gasteiger partial charge < -0.3 is 10.2 Å². The first-order chi connectivity index (χ1) is 11.0. The first kappa shape index (κ1) is 17.5. The lowest BCUT2D eigenvalue weighted by Crippen LogP contribution is -3.12. The zero-order valence-corrected chi connectivity index (χ0v) is 14.2. The molecule has 0 aliphatic carbocycles. The van der Waals surface area contributed by atoms with Gasteiger partial charge in [0.25, 0.3) is 11.1 Å². The number of benzene rings is 1. The summed E-state index contributed by atoms with van der Waals surface area (Å²) in [5, 5.41) is 2.57. The minimum absolute atomic E-state index is 0.0785. The lowest BCUT2D eigenvalue weighted by Gasteiger charge is -2.21. The number of rotatable bonds is 7.